The summed E-state index contributed by atoms with van der Waals surface area (Å²) in [5, 5.41) is 0.531. The lowest BCUT2D eigenvalue weighted by Crippen LogP contribution is -1.82. The van der Waals surface area contributed by atoms with E-state index >= 15 is 0 Å². The lowest BCUT2D eigenvalue weighted by molar-refractivity contribution is 0.625. The molecule has 0 fully saturated rings. The van der Waals surface area contributed by atoms with E-state index in [1.807, 2.05) is 0 Å². The molecule has 0 aliphatic rings. The lowest BCUT2D eigenvalue weighted by Gasteiger charge is -1.98. The van der Waals surface area contributed by atoms with Gasteiger partial charge in [0.1, 0.15) is 5.82 Å². The number of benzene rings is 1. The molecular weight excluding hydrogens is 186 g/mol. The Morgan fingerprint density at radius 1 is 1.45 bits per heavy atom. The SMILES string of the molecule is C=C(Cl)c1ccc(Cl)cc1F. The van der Waals surface area contributed by atoms with Crippen LogP contribution in [0.1, 0.15) is 5.56 Å². The first-order valence-electron chi connectivity index (χ1n) is 2.91. The van der Waals surface area contributed by atoms with Gasteiger partial charge in [-0.2, -0.15) is 0 Å². The molecule has 0 spiro atoms. The van der Waals surface area contributed by atoms with Crippen molar-refractivity contribution < 1.29 is 4.39 Å². The van der Waals surface area contributed by atoms with Crippen molar-refractivity contribution >= 4 is 28.2 Å². The fourth-order valence-electron chi connectivity index (χ4n) is 0.709. The molecule has 1 aromatic carbocycles. The minimum atomic E-state index is -0.447. The van der Waals surface area contributed by atoms with E-state index in [0.29, 0.717) is 5.02 Å². The Kier molecular flexibility index (Phi) is 2.53. The first kappa shape index (κ1) is 8.57. The predicted octanol–water partition coefficient (Wildman–Crippen LogP) is 3.69. The molecule has 1 aromatic rings. The molecule has 1 rings (SSSR count). The van der Waals surface area contributed by atoms with Crippen LogP contribution in [0.3, 0.4) is 0 Å². The molecule has 0 nitrogen and oxygen atoms in total. The molecule has 0 aromatic heterocycles. The summed E-state index contributed by atoms with van der Waals surface area (Å²) in [4.78, 5) is 0. The van der Waals surface area contributed by atoms with Crippen molar-refractivity contribution in [3.63, 3.8) is 0 Å². The zero-order chi connectivity index (χ0) is 8.43. The molecule has 0 heterocycles. The number of hydrogen-bond donors (Lipinski definition) is 0. The quantitative estimate of drug-likeness (QED) is 0.634. The van der Waals surface area contributed by atoms with Crippen LogP contribution in [0, 0.1) is 5.82 Å². The van der Waals surface area contributed by atoms with Gasteiger partial charge >= 0.3 is 0 Å². The van der Waals surface area contributed by atoms with Crippen molar-refractivity contribution in [1.82, 2.24) is 0 Å². The average Bonchev–Trinajstić information content (AvgIpc) is 1.85. The Labute approximate surface area is 74.2 Å². The van der Waals surface area contributed by atoms with Crippen molar-refractivity contribution in [2.45, 2.75) is 0 Å². The highest BCUT2D eigenvalue weighted by Crippen LogP contribution is 2.22. The zero-order valence-electron chi connectivity index (χ0n) is 5.57. The lowest BCUT2D eigenvalue weighted by atomic mass is 10.2. The summed E-state index contributed by atoms with van der Waals surface area (Å²) < 4.78 is 12.9. The van der Waals surface area contributed by atoms with E-state index in [1.54, 1.807) is 6.07 Å². The topological polar surface area (TPSA) is 0 Å². The van der Waals surface area contributed by atoms with Crippen LogP contribution < -0.4 is 0 Å². The minimum absolute atomic E-state index is 0.180. The summed E-state index contributed by atoms with van der Waals surface area (Å²) in [5.74, 6) is -0.447. The van der Waals surface area contributed by atoms with Crippen LogP contribution in [0.4, 0.5) is 4.39 Å². The van der Waals surface area contributed by atoms with Crippen LogP contribution in [0.2, 0.25) is 5.02 Å². The van der Waals surface area contributed by atoms with Gasteiger partial charge in [-0.1, -0.05) is 29.8 Å². The van der Waals surface area contributed by atoms with Gasteiger partial charge in [-0.15, -0.1) is 0 Å². The number of hydrogen-bond acceptors (Lipinski definition) is 0. The van der Waals surface area contributed by atoms with E-state index in [0.717, 1.165) is 0 Å². The van der Waals surface area contributed by atoms with Gasteiger partial charge in [0.25, 0.3) is 0 Å². The van der Waals surface area contributed by atoms with Crippen LogP contribution in [0.25, 0.3) is 5.03 Å². The van der Waals surface area contributed by atoms with Crippen LogP contribution in [0.5, 0.6) is 0 Å². The van der Waals surface area contributed by atoms with E-state index < -0.39 is 5.82 Å². The Balaban J connectivity index is 3.20. The second kappa shape index (κ2) is 3.24. The Hall–Kier alpha value is -0.530. The Bertz CT molecular complexity index is 294. The summed E-state index contributed by atoms with van der Waals surface area (Å²) >= 11 is 11.0. The van der Waals surface area contributed by atoms with E-state index in [9.17, 15) is 4.39 Å². The summed E-state index contributed by atoms with van der Waals surface area (Å²) in [7, 11) is 0. The highest BCUT2D eigenvalue weighted by atomic mass is 35.5. The maximum atomic E-state index is 12.9. The van der Waals surface area contributed by atoms with Gasteiger partial charge in [0.15, 0.2) is 0 Å². The molecule has 3 heteroatoms. The monoisotopic (exact) mass is 190 g/mol. The normalized spacial score (nSPS) is 9.73. The van der Waals surface area contributed by atoms with Crippen LogP contribution >= 0.6 is 23.2 Å². The molecule has 0 bridgehead atoms. The fraction of sp³-hybridized carbons (Fsp3) is 0. The highest BCUT2D eigenvalue weighted by molar-refractivity contribution is 6.48. The van der Waals surface area contributed by atoms with Gasteiger partial charge in [0, 0.05) is 15.6 Å². The molecular formula is C8H5Cl2F. The van der Waals surface area contributed by atoms with Crippen LogP contribution in [-0.2, 0) is 0 Å². The molecule has 11 heavy (non-hydrogen) atoms. The van der Waals surface area contributed by atoms with Crippen molar-refractivity contribution in [2.75, 3.05) is 0 Å². The van der Waals surface area contributed by atoms with E-state index in [1.165, 1.54) is 12.1 Å². The van der Waals surface area contributed by atoms with E-state index in [2.05, 4.69) is 6.58 Å². The fourth-order valence-corrected chi connectivity index (χ4v) is 1.02. The molecule has 0 radical (unpaired) electrons. The summed E-state index contributed by atoms with van der Waals surface area (Å²) in [5.41, 5.74) is 0.288. The van der Waals surface area contributed by atoms with Crippen molar-refractivity contribution in [2.24, 2.45) is 0 Å². The van der Waals surface area contributed by atoms with Gasteiger partial charge < -0.3 is 0 Å². The molecule has 0 aliphatic heterocycles. The van der Waals surface area contributed by atoms with Crippen LogP contribution in [0.15, 0.2) is 24.8 Å². The van der Waals surface area contributed by atoms with Gasteiger partial charge in [-0.05, 0) is 18.2 Å². The molecule has 0 saturated carbocycles. The molecule has 0 aliphatic carbocycles. The molecule has 0 saturated heterocycles. The summed E-state index contributed by atoms with van der Waals surface area (Å²) in [6.45, 7) is 3.40. The largest absolute Gasteiger partial charge is 0.206 e. The first-order valence-corrected chi connectivity index (χ1v) is 3.66. The highest BCUT2D eigenvalue weighted by Gasteiger charge is 2.03. The van der Waals surface area contributed by atoms with Crippen LogP contribution in [-0.4, -0.2) is 0 Å². The summed E-state index contributed by atoms with van der Waals surface area (Å²) in [6.07, 6.45) is 0. The van der Waals surface area contributed by atoms with Crippen molar-refractivity contribution in [3.05, 3.63) is 41.2 Å². The van der Waals surface area contributed by atoms with Gasteiger partial charge in [0.2, 0.25) is 0 Å². The van der Waals surface area contributed by atoms with Crippen molar-refractivity contribution in [1.29, 1.82) is 0 Å². The van der Waals surface area contributed by atoms with Gasteiger partial charge in [-0.3, -0.25) is 0 Å². The van der Waals surface area contributed by atoms with E-state index in [-0.39, 0.29) is 10.6 Å². The van der Waals surface area contributed by atoms with Gasteiger partial charge in [0.05, 0.1) is 0 Å². The average molecular weight is 191 g/mol. The second-order valence-corrected chi connectivity index (χ2v) is 2.92. The summed E-state index contributed by atoms with van der Waals surface area (Å²) in [6, 6.07) is 4.25. The molecule has 0 unspecified atom stereocenters. The van der Waals surface area contributed by atoms with E-state index in [4.69, 9.17) is 23.2 Å². The predicted molar refractivity (Wildman–Crippen MR) is 46.3 cm³/mol. The van der Waals surface area contributed by atoms with Crippen molar-refractivity contribution in [3.8, 4) is 0 Å². The molecule has 0 atom stereocenters. The number of rotatable bonds is 1. The molecule has 0 N–H and O–H groups in total. The molecule has 0 amide bonds. The smallest absolute Gasteiger partial charge is 0.133 e. The minimum Gasteiger partial charge on any atom is -0.206 e. The molecule has 58 valence electrons. The Morgan fingerprint density at radius 2 is 2.09 bits per heavy atom. The maximum Gasteiger partial charge on any atom is 0.133 e. The third kappa shape index (κ3) is 1.95. The maximum absolute atomic E-state index is 12.9. The third-order valence-electron chi connectivity index (χ3n) is 1.22. The second-order valence-electron chi connectivity index (χ2n) is 2.03. The Morgan fingerprint density at radius 3 is 2.55 bits per heavy atom. The third-order valence-corrected chi connectivity index (χ3v) is 1.66. The van der Waals surface area contributed by atoms with Gasteiger partial charge in [-0.25, -0.2) is 4.39 Å². The zero-order valence-corrected chi connectivity index (χ0v) is 7.08. The standard InChI is InChI=1S/C8H5Cl2F/c1-5(9)7-3-2-6(10)4-8(7)11/h2-4H,1H2. The number of halogens is 3. The first-order chi connectivity index (χ1) is 5.11.